The Labute approximate surface area is 160 Å². The smallest absolute Gasteiger partial charge is 0.230 e. The van der Waals surface area contributed by atoms with Crippen molar-refractivity contribution >= 4 is 22.5 Å². The van der Waals surface area contributed by atoms with Gasteiger partial charge in [0.15, 0.2) is 0 Å². The molecule has 0 saturated carbocycles. The van der Waals surface area contributed by atoms with Gasteiger partial charge in [-0.1, -0.05) is 18.2 Å². The normalized spacial score (nSPS) is 19.3. The van der Waals surface area contributed by atoms with Crippen LogP contribution < -0.4 is 10.2 Å². The largest absolute Gasteiger partial charge is 0.379 e. The number of pyridine rings is 1. The second-order valence-corrected chi connectivity index (χ2v) is 7.32. The van der Waals surface area contributed by atoms with E-state index in [0.717, 1.165) is 75.4 Å². The van der Waals surface area contributed by atoms with Crippen LogP contribution in [0.25, 0.3) is 10.9 Å². The molecule has 2 saturated heterocycles. The van der Waals surface area contributed by atoms with Crippen LogP contribution in [0.2, 0.25) is 0 Å². The Morgan fingerprint density at radius 3 is 2.78 bits per heavy atom. The number of nitrogens with zero attached hydrogens (tertiary/aromatic N) is 3. The summed E-state index contributed by atoms with van der Waals surface area (Å²) in [5.74, 6) is 0.351. The van der Waals surface area contributed by atoms with E-state index in [4.69, 9.17) is 4.74 Å². The Bertz CT molecular complexity index is 764. The first kappa shape index (κ1) is 18.3. The van der Waals surface area contributed by atoms with Crippen LogP contribution in [0, 0.1) is 5.92 Å². The molecule has 1 amide bonds. The Hall–Kier alpha value is -2.02. The van der Waals surface area contributed by atoms with E-state index in [1.165, 1.54) is 0 Å². The molecule has 144 valence electrons. The Kier molecular flexibility index (Phi) is 5.97. The van der Waals surface area contributed by atoms with Crippen LogP contribution >= 0.6 is 0 Å². The molecule has 1 N–H and O–H groups in total. The van der Waals surface area contributed by atoms with Crippen LogP contribution in [0.3, 0.4) is 0 Å². The number of piperidine rings is 1. The van der Waals surface area contributed by atoms with Gasteiger partial charge in [-0.05, 0) is 38.1 Å². The number of morpholine rings is 1. The molecule has 4 rings (SSSR count). The van der Waals surface area contributed by atoms with E-state index in [1.54, 1.807) is 0 Å². The number of fused-ring (bicyclic) bond motifs is 1. The van der Waals surface area contributed by atoms with Crippen molar-refractivity contribution < 1.29 is 9.53 Å². The molecule has 1 aromatic carbocycles. The number of benzene rings is 1. The number of anilines is 1. The van der Waals surface area contributed by atoms with Gasteiger partial charge in [0.05, 0.1) is 24.4 Å². The van der Waals surface area contributed by atoms with Gasteiger partial charge in [0.2, 0.25) is 5.91 Å². The molecule has 27 heavy (non-hydrogen) atoms. The van der Waals surface area contributed by atoms with Crippen LogP contribution in [-0.4, -0.2) is 68.3 Å². The number of aromatic nitrogens is 1. The second-order valence-electron chi connectivity index (χ2n) is 7.32. The molecule has 0 aliphatic carbocycles. The third kappa shape index (κ3) is 4.29. The fourth-order valence-corrected chi connectivity index (χ4v) is 4.02. The SMILES string of the molecule is O=C(C1CCNCC1)N(CCN1CCOCC1)c1ccnc2ccccc12. The molecule has 0 spiro atoms. The van der Waals surface area contributed by atoms with Crippen molar-refractivity contribution in [3.8, 4) is 0 Å². The molecule has 2 aliphatic rings. The van der Waals surface area contributed by atoms with Crippen LogP contribution in [0.4, 0.5) is 5.69 Å². The fraction of sp³-hybridized carbons (Fsp3) is 0.524. The minimum atomic E-state index is 0.0999. The van der Waals surface area contributed by atoms with E-state index in [9.17, 15) is 4.79 Å². The van der Waals surface area contributed by atoms with Crippen molar-refractivity contribution in [2.75, 3.05) is 57.4 Å². The topological polar surface area (TPSA) is 57.7 Å². The monoisotopic (exact) mass is 368 g/mol. The maximum absolute atomic E-state index is 13.4. The van der Waals surface area contributed by atoms with Gasteiger partial charge >= 0.3 is 0 Å². The molecule has 0 radical (unpaired) electrons. The zero-order valence-electron chi connectivity index (χ0n) is 15.8. The number of hydrogen-bond donors (Lipinski definition) is 1. The number of para-hydroxylation sites is 1. The Balaban J connectivity index is 1.60. The standard InChI is InChI=1S/C21H28N4O2/c26-21(17-5-8-22-9-6-17)25(12-11-24-13-15-27-16-14-24)20-7-10-23-19-4-2-1-3-18(19)20/h1-4,7,10,17,22H,5-6,8-9,11-16H2. The first-order chi connectivity index (χ1) is 13.3. The number of ether oxygens (including phenoxy) is 1. The number of carbonyl (C=O) groups excluding carboxylic acids is 1. The maximum atomic E-state index is 13.4. The van der Waals surface area contributed by atoms with Gasteiger partial charge in [0, 0.05) is 43.7 Å². The molecule has 1 aromatic heterocycles. The highest BCUT2D eigenvalue weighted by Crippen LogP contribution is 2.28. The fourth-order valence-electron chi connectivity index (χ4n) is 4.02. The van der Waals surface area contributed by atoms with E-state index in [2.05, 4.69) is 21.3 Å². The van der Waals surface area contributed by atoms with Gasteiger partial charge in [-0.25, -0.2) is 0 Å². The minimum Gasteiger partial charge on any atom is -0.379 e. The van der Waals surface area contributed by atoms with Crippen LogP contribution in [0.1, 0.15) is 12.8 Å². The Morgan fingerprint density at radius 1 is 1.19 bits per heavy atom. The average Bonchev–Trinajstić information content (AvgIpc) is 2.75. The number of amides is 1. The van der Waals surface area contributed by atoms with E-state index in [1.807, 2.05) is 35.4 Å². The van der Waals surface area contributed by atoms with Gasteiger partial charge in [-0.3, -0.25) is 14.7 Å². The van der Waals surface area contributed by atoms with Gasteiger partial charge in [0.1, 0.15) is 0 Å². The highest BCUT2D eigenvalue weighted by molar-refractivity contribution is 6.03. The first-order valence-corrected chi connectivity index (χ1v) is 9.99. The van der Waals surface area contributed by atoms with E-state index >= 15 is 0 Å². The summed E-state index contributed by atoms with van der Waals surface area (Å²) >= 11 is 0. The predicted molar refractivity (Wildman–Crippen MR) is 107 cm³/mol. The zero-order valence-corrected chi connectivity index (χ0v) is 15.8. The van der Waals surface area contributed by atoms with Crippen molar-refractivity contribution in [2.24, 2.45) is 5.92 Å². The minimum absolute atomic E-state index is 0.0999. The summed E-state index contributed by atoms with van der Waals surface area (Å²) in [7, 11) is 0. The molecular formula is C21H28N4O2. The molecule has 2 fully saturated rings. The van der Waals surface area contributed by atoms with Crippen LogP contribution in [0.15, 0.2) is 36.5 Å². The predicted octanol–water partition coefficient (Wildman–Crippen LogP) is 1.90. The first-order valence-electron chi connectivity index (χ1n) is 9.99. The summed E-state index contributed by atoms with van der Waals surface area (Å²) < 4.78 is 5.45. The lowest BCUT2D eigenvalue weighted by Gasteiger charge is -2.33. The zero-order chi connectivity index (χ0) is 18.5. The number of carbonyl (C=O) groups is 1. The number of rotatable bonds is 5. The van der Waals surface area contributed by atoms with Crippen molar-refractivity contribution in [1.82, 2.24) is 15.2 Å². The molecule has 2 aliphatic heterocycles. The van der Waals surface area contributed by atoms with Gasteiger partial charge in [-0.2, -0.15) is 0 Å². The van der Waals surface area contributed by atoms with Gasteiger partial charge < -0.3 is 15.0 Å². The molecular weight excluding hydrogens is 340 g/mol. The molecule has 2 aromatic rings. The Morgan fingerprint density at radius 2 is 1.96 bits per heavy atom. The number of nitrogens with one attached hydrogen (secondary N) is 1. The highest BCUT2D eigenvalue weighted by atomic mass is 16.5. The lowest BCUT2D eigenvalue weighted by molar-refractivity contribution is -0.123. The molecule has 6 heteroatoms. The summed E-state index contributed by atoms with van der Waals surface area (Å²) in [6.45, 7) is 6.85. The highest BCUT2D eigenvalue weighted by Gasteiger charge is 2.28. The van der Waals surface area contributed by atoms with Crippen molar-refractivity contribution in [3.05, 3.63) is 36.5 Å². The van der Waals surface area contributed by atoms with Crippen molar-refractivity contribution in [2.45, 2.75) is 12.8 Å². The molecule has 0 atom stereocenters. The molecule has 3 heterocycles. The third-order valence-corrected chi connectivity index (χ3v) is 5.61. The third-order valence-electron chi connectivity index (χ3n) is 5.61. The molecule has 0 unspecified atom stereocenters. The van der Waals surface area contributed by atoms with E-state index < -0.39 is 0 Å². The van der Waals surface area contributed by atoms with Gasteiger partial charge in [-0.15, -0.1) is 0 Å². The van der Waals surface area contributed by atoms with Crippen LogP contribution in [0.5, 0.6) is 0 Å². The summed E-state index contributed by atoms with van der Waals surface area (Å²) in [6, 6.07) is 10.1. The lowest BCUT2D eigenvalue weighted by Crippen LogP contribution is -2.46. The summed E-state index contributed by atoms with van der Waals surface area (Å²) in [4.78, 5) is 22.3. The number of hydrogen-bond acceptors (Lipinski definition) is 5. The van der Waals surface area contributed by atoms with Crippen LogP contribution in [-0.2, 0) is 9.53 Å². The van der Waals surface area contributed by atoms with Crippen molar-refractivity contribution in [1.29, 1.82) is 0 Å². The quantitative estimate of drug-likeness (QED) is 0.874. The lowest BCUT2D eigenvalue weighted by atomic mass is 9.96. The van der Waals surface area contributed by atoms with Gasteiger partial charge in [0.25, 0.3) is 0 Å². The molecule has 0 bridgehead atoms. The van der Waals surface area contributed by atoms with Crippen molar-refractivity contribution in [3.63, 3.8) is 0 Å². The second kappa shape index (κ2) is 8.78. The summed E-state index contributed by atoms with van der Waals surface area (Å²) in [5.41, 5.74) is 1.92. The maximum Gasteiger partial charge on any atom is 0.230 e. The summed E-state index contributed by atoms with van der Waals surface area (Å²) in [5, 5.41) is 4.40. The molecule has 6 nitrogen and oxygen atoms in total. The van der Waals surface area contributed by atoms with E-state index in [-0.39, 0.29) is 11.8 Å². The van der Waals surface area contributed by atoms with E-state index in [0.29, 0.717) is 6.54 Å². The summed E-state index contributed by atoms with van der Waals surface area (Å²) in [6.07, 6.45) is 3.64. The average molecular weight is 368 g/mol.